The normalized spacial score (nSPS) is 17.3. The Hall–Kier alpha value is -2.29. The van der Waals surface area contributed by atoms with E-state index in [4.69, 9.17) is 4.74 Å². The van der Waals surface area contributed by atoms with Gasteiger partial charge in [0, 0.05) is 11.4 Å². The molecule has 0 saturated carbocycles. The number of nitrogens with one attached hydrogen (secondary N) is 1. The van der Waals surface area contributed by atoms with Crippen LogP contribution in [-0.4, -0.2) is 13.1 Å². The summed E-state index contributed by atoms with van der Waals surface area (Å²) < 4.78 is 4.76. The molecule has 1 aliphatic rings. The van der Waals surface area contributed by atoms with Gasteiger partial charge in [-0.1, -0.05) is 33.8 Å². The molecule has 0 aromatic heterocycles. The highest BCUT2D eigenvalue weighted by Crippen LogP contribution is 2.47. The van der Waals surface area contributed by atoms with Gasteiger partial charge in [-0.25, -0.2) is 4.79 Å². The van der Waals surface area contributed by atoms with Crippen LogP contribution in [0.2, 0.25) is 0 Å². The first-order chi connectivity index (χ1) is 12.1. The van der Waals surface area contributed by atoms with Crippen molar-refractivity contribution >= 4 is 17.3 Å². The zero-order valence-corrected chi connectivity index (χ0v) is 16.7. The van der Waals surface area contributed by atoms with Gasteiger partial charge in [0.05, 0.1) is 12.7 Å². The third-order valence-electron chi connectivity index (χ3n) is 5.78. The minimum absolute atomic E-state index is 0.184. The fraction of sp³-hybridized carbons (Fsp3) is 0.435. The number of esters is 1. The maximum absolute atomic E-state index is 11.6. The Bertz CT molecular complexity index is 832. The maximum atomic E-state index is 11.6. The topological polar surface area (TPSA) is 38.3 Å². The number of fused-ring (bicyclic) bond motifs is 1. The van der Waals surface area contributed by atoms with Gasteiger partial charge in [-0.15, -0.1) is 0 Å². The van der Waals surface area contributed by atoms with Gasteiger partial charge in [0.2, 0.25) is 0 Å². The Morgan fingerprint density at radius 3 is 2.04 bits per heavy atom. The van der Waals surface area contributed by atoms with Crippen molar-refractivity contribution in [3.05, 3.63) is 58.7 Å². The lowest BCUT2D eigenvalue weighted by Gasteiger charge is -2.42. The Morgan fingerprint density at radius 2 is 1.50 bits per heavy atom. The van der Waals surface area contributed by atoms with E-state index in [0.29, 0.717) is 5.56 Å². The van der Waals surface area contributed by atoms with Gasteiger partial charge in [-0.05, 0) is 77.6 Å². The third-order valence-corrected chi connectivity index (χ3v) is 5.78. The van der Waals surface area contributed by atoms with E-state index in [1.165, 1.54) is 36.6 Å². The van der Waals surface area contributed by atoms with Crippen LogP contribution in [0.4, 0.5) is 11.4 Å². The fourth-order valence-electron chi connectivity index (χ4n) is 3.82. The first-order valence-electron chi connectivity index (χ1n) is 9.25. The van der Waals surface area contributed by atoms with Crippen LogP contribution in [0.5, 0.6) is 0 Å². The smallest absolute Gasteiger partial charge is 0.337 e. The summed E-state index contributed by atoms with van der Waals surface area (Å²) in [5.74, 6) is -0.314. The number of aryl methyl sites for hydroxylation is 1. The molecular formula is C23H29NO2. The van der Waals surface area contributed by atoms with E-state index in [1.54, 1.807) is 12.1 Å². The van der Waals surface area contributed by atoms with Gasteiger partial charge in [0.15, 0.2) is 0 Å². The number of methoxy groups -OCH3 is 1. The highest BCUT2D eigenvalue weighted by Gasteiger charge is 2.37. The summed E-state index contributed by atoms with van der Waals surface area (Å²) in [7, 11) is 1.40. The van der Waals surface area contributed by atoms with E-state index >= 15 is 0 Å². The first kappa shape index (κ1) is 18.5. The minimum atomic E-state index is -0.314. The number of rotatable bonds is 3. The Kier molecular flexibility index (Phi) is 4.60. The number of anilines is 2. The Labute approximate surface area is 156 Å². The van der Waals surface area contributed by atoms with Crippen LogP contribution in [0.3, 0.4) is 0 Å². The SMILES string of the molecule is COC(=O)c1ccc(Nc2cc3c(cc2C)C(C)(C)CCC3(C)C)cc1. The molecule has 3 nitrogen and oxygen atoms in total. The summed E-state index contributed by atoms with van der Waals surface area (Å²) in [5, 5.41) is 3.52. The zero-order valence-electron chi connectivity index (χ0n) is 16.7. The predicted molar refractivity (Wildman–Crippen MR) is 108 cm³/mol. The van der Waals surface area contributed by atoms with Crippen molar-refractivity contribution in [2.75, 3.05) is 12.4 Å². The lowest BCUT2D eigenvalue weighted by molar-refractivity contribution is 0.0601. The van der Waals surface area contributed by atoms with Crippen LogP contribution in [0.25, 0.3) is 0 Å². The van der Waals surface area contributed by atoms with E-state index < -0.39 is 0 Å². The molecule has 2 aromatic rings. The average Bonchev–Trinajstić information content (AvgIpc) is 2.60. The van der Waals surface area contributed by atoms with Gasteiger partial charge in [-0.3, -0.25) is 0 Å². The van der Waals surface area contributed by atoms with Crippen LogP contribution in [0.1, 0.15) is 67.6 Å². The highest BCUT2D eigenvalue weighted by molar-refractivity contribution is 5.89. The lowest BCUT2D eigenvalue weighted by Crippen LogP contribution is -2.34. The van der Waals surface area contributed by atoms with E-state index in [-0.39, 0.29) is 16.8 Å². The molecule has 26 heavy (non-hydrogen) atoms. The lowest BCUT2D eigenvalue weighted by atomic mass is 9.63. The van der Waals surface area contributed by atoms with Crippen molar-refractivity contribution in [2.45, 2.75) is 58.3 Å². The molecule has 0 radical (unpaired) electrons. The minimum Gasteiger partial charge on any atom is -0.465 e. The maximum Gasteiger partial charge on any atom is 0.337 e. The number of benzene rings is 2. The van der Waals surface area contributed by atoms with Crippen molar-refractivity contribution in [1.82, 2.24) is 0 Å². The molecule has 0 spiro atoms. The molecule has 0 saturated heterocycles. The summed E-state index contributed by atoms with van der Waals surface area (Å²) in [6.45, 7) is 11.5. The molecule has 0 heterocycles. The van der Waals surface area contributed by atoms with E-state index in [2.05, 4.69) is 52.1 Å². The fourth-order valence-corrected chi connectivity index (χ4v) is 3.82. The van der Waals surface area contributed by atoms with E-state index in [0.717, 1.165) is 11.4 Å². The van der Waals surface area contributed by atoms with Gasteiger partial charge >= 0.3 is 5.97 Å². The van der Waals surface area contributed by atoms with Crippen molar-refractivity contribution < 1.29 is 9.53 Å². The quantitative estimate of drug-likeness (QED) is 0.702. The van der Waals surface area contributed by atoms with Crippen molar-refractivity contribution in [1.29, 1.82) is 0 Å². The molecular weight excluding hydrogens is 322 g/mol. The third kappa shape index (κ3) is 3.35. The molecule has 1 N–H and O–H groups in total. The standard InChI is InChI=1S/C23H29NO2/c1-15-13-18-19(23(4,5)12-11-22(18,2)3)14-20(15)24-17-9-7-16(8-10-17)21(25)26-6/h7-10,13-14,24H,11-12H2,1-6H3. The molecule has 0 atom stereocenters. The van der Waals surface area contributed by atoms with Crippen molar-refractivity contribution in [3.8, 4) is 0 Å². The number of hydrogen-bond acceptors (Lipinski definition) is 3. The molecule has 2 aromatic carbocycles. The predicted octanol–water partition coefficient (Wildman–Crippen LogP) is 5.87. The summed E-state index contributed by atoms with van der Waals surface area (Å²) in [6, 6.07) is 12.1. The van der Waals surface area contributed by atoms with Crippen LogP contribution >= 0.6 is 0 Å². The number of ether oxygens (including phenoxy) is 1. The highest BCUT2D eigenvalue weighted by atomic mass is 16.5. The second kappa shape index (κ2) is 6.46. The average molecular weight is 351 g/mol. The van der Waals surface area contributed by atoms with Crippen LogP contribution < -0.4 is 5.32 Å². The molecule has 0 aliphatic heterocycles. The molecule has 138 valence electrons. The number of carbonyl (C=O) groups is 1. The Morgan fingerprint density at radius 1 is 0.962 bits per heavy atom. The summed E-state index contributed by atoms with van der Waals surface area (Å²) in [5.41, 5.74) is 7.20. The molecule has 0 amide bonds. The molecule has 0 unspecified atom stereocenters. The van der Waals surface area contributed by atoms with Crippen LogP contribution in [-0.2, 0) is 15.6 Å². The molecule has 3 heteroatoms. The van der Waals surface area contributed by atoms with Gasteiger partial charge < -0.3 is 10.1 Å². The summed E-state index contributed by atoms with van der Waals surface area (Å²) >= 11 is 0. The second-order valence-electron chi connectivity index (χ2n) is 8.67. The van der Waals surface area contributed by atoms with E-state index in [1.807, 2.05) is 12.1 Å². The second-order valence-corrected chi connectivity index (χ2v) is 8.67. The molecule has 0 fully saturated rings. The number of carbonyl (C=O) groups excluding carboxylic acids is 1. The van der Waals surface area contributed by atoms with E-state index in [9.17, 15) is 4.79 Å². The van der Waals surface area contributed by atoms with Crippen molar-refractivity contribution in [2.24, 2.45) is 0 Å². The zero-order chi connectivity index (χ0) is 19.1. The van der Waals surface area contributed by atoms with Gasteiger partial charge in [0.25, 0.3) is 0 Å². The molecule has 0 bridgehead atoms. The van der Waals surface area contributed by atoms with Crippen molar-refractivity contribution in [3.63, 3.8) is 0 Å². The monoisotopic (exact) mass is 351 g/mol. The van der Waals surface area contributed by atoms with Crippen LogP contribution in [0, 0.1) is 6.92 Å². The molecule has 3 rings (SSSR count). The van der Waals surface area contributed by atoms with Gasteiger partial charge in [0.1, 0.15) is 0 Å². The number of hydrogen-bond donors (Lipinski definition) is 1. The van der Waals surface area contributed by atoms with Crippen LogP contribution in [0.15, 0.2) is 36.4 Å². The Balaban J connectivity index is 1.96. The first-order valence-corrected chi connectivity index (χ1v) is 9.25. The molecule has 1 aliphatic carbocycles. The van der Waals surface area contributed by atoms with Gasteiger partial charge in [-0.2, -0.15) is 0 Å². The summed E-state index contributed by atoms with van der Waals surface area (Å²) in [4.78, 5) is 11.6. The largest absolute Gasteiger partial charge is 0.465 e. The summed E-state index contributed by atoms with van der Waals surface area (Å²) in [6.07, 6.45) is 2.41.